The van der Waals surface area contributed by atoms with Crippen molar-refractivity contribution in [3.05, 3.63) is 0 Å². The van der Waals surface area contributed by atoms with Gasteiger partial charge in [0.15, 0.2) is 0 Å². The smallest absolute Gasteiger partial charge is 0.0936 e. The number of hydrogen-bond donors (Lipinski definition) is 3. The molecular formula is C8H17N3. The lowest BCUT2D eigenvalue weighted by Gasteiger charge is -2.27. The van der Waals surface area contributed by atoms with E-state index in [0.29, 0.717) is 17.8 Å². The lowest BCUT2D eigenvalue weighted by Crippen LogP contribution is -2.34. The van der Waals surface area contributed by atoms with Gasteiger partial charge in [0.05, 0.1) is 5.84 Å². The van der Waals surface area contributed by atoms with Crippen molar-refractivity contribution in [1.82, 2.24) is 5.32 Å². The molecule has 3 heteroatoms. The molecule has 1 aliphatic rings. The van der Waals surface area contributed by atoms with Crippen molar-refractivity contribution in [1.29, 1.82) is 5.41 Å². The average molecular weight is 155 g/mol. The highest BCUT2D eigenvalue weighted by Gasteiger charge is 2.21. The van der Waals surface area contributed by atoms with Crippen LogP contribution in [0.25, 0.3) is 0 Å². The molecule has 1 rings (SSSR count). The predicted octanol–water partition coefficient (Wildman–Crippen LogP) is 0.701. The van der Waals surface area contributed by atoms with Crippen molar-refractivity contribution in [2.45, 2.75) is 31.7 Å². The molecule has 0 heterocycles. The summed E-state index contributed by atoms with van der Waals surface area (Å²) in [6.07, 6.45) is 4.50. The Bertz CT molecular complexity index is 136. The van der Waals surface area contributed by atoms with Gasteiger partial charge in [-0.2, -0.15) is 0 Å². The second kappa shape index (κ2) is 3.72. The van der Waals surface area contributed by atoms with Crippen molar-refractivity contribution in [3.8, 4) is 0 Å². The minimum absolute atomic E-state index is 0.361. The van der Waals surface area contributed by atoms with E-state index in [0.717, 1.165) is 12.8 Å². The summed E-state index contributed by atoms with van der Waals surface area (Å²) in [4.78, 5) is 0. The van der Waals surface area contributed by atoms with E-state index in [-0.39, 0.29) is 0 Å². The average Bonchev–Trinajstić information content (AvgIpc) is 2.05. The van der Waals surface area contributed by atoms with Gasteiger partial charge in [-0.1, -0.05) is 0 Å². The van der Waals surface area contributed by atoms with Crippen LogP contribution >= 0.6 is 0 Å². The van der Waals surface area contributed by atoms with E-state index in [2.05, 4.69) is 5.32 Å². The quantitative estimate of drug-likeness (QED) is 0.406. The van der Waals surface area contributed by atoms with Gasteiger partial charge in [0.25, 0.3) is 0 Å². The molecule has 0 aromatic rings. The Morgan fingerprint density at radius 1 is 1.36 bits per heavy atom. The molecule has 0 aliphatic heterocycles. The van der Waals surface area contributed by atoms with Crippen molar-refractivity contribution in [2.75, 3.05) is 7.05 Å². The summed E-state index contributed by atoms with van der Waals surface area (Å²) in [5.41, 5.74) is 5.42. The molecule has 11 heavy (non-hydrogen) atoms. The van der Waals surface area contributed by atoms with Gasteiger partial charge in [0.1, 0.15) is 0 Å². The van der Waals surface area contributed by atoms with Crippen LogP contribution in [0.15, 0.2) is 0 Å². The number of hydrogen-bond acceptors (Lipinski definition) is 2. The largest absolute Gasteiger partial charge is 0.387 e. The molecule has 4 N–H and O–H groups in total. The summed E-state index contributed by atoms with van der Waals surface area (Å²) < 4.78 is 0. The van der Waals surface area contributed by atoms with Gasteiger partial charge in [0.2, 0.25) is 0 Å². The molecule has 0 amide bonds. The summed E-state index contributed by atoms with van der Waals surface area (Å²) in [6.45, 7) is 0. The monoisotopic (exact) mass is 155 g/mol. The van der Waals surface area contributed by atoms with Gasteiger partial charge in [-0.05, 0) is 32.7 Å². The Labute approximate surface area is 67.9 Å². The van der Waals surface area contributed by atoms with Gasteiger partial charge in [-0.15, -0.1) is 0 Å². The maximum atomic E-state index is 7.27. The summed E-state index contributed by atoms with van der Waals surface area (Å²) in [7, 11) is 2.00. The molecule has 0 aromatic carbocycles. The molecule has 1 aliphatic carbocycles. The van der Waals surface area contributed by atoms with Crippen LogP contribution in [0.2, 0.25) is 0 Å². The van der Waals surface area contributed by atoms with Gasteiger partial charge in [-0.3, -0.25) is 5.41 Å². The predicted molar refractivity (Wildman–Crippen MR) is 46.7 cm³/mol. The Kier molecular flexibility index (Phi) is 2.88. The zero-order chi connectivity index (χ0) is 8.27. The van der Waals surface area contributed by atoms with Crippen molar-refractivity contribution in [2.24, 2.45) is 11.7 Å². The van der Waals surface area contributed by atoms with Crippen LogP contribution in [-0.4, -0.2) is 18.9 Å². The van der Waals surface area contributed by atoms with E-state index >= 15 is 0 Å². The summed E-state index contributed by atoms with van der Waals surface area (Å²) in [5, 5.41) is 10.5. The molecule has 1 fully saturated rings. The van der Waals surface area contributed by atoms with Crippen LogP contribution < -0.4 is 11.1 Å². The van der Waals surface area contributed by atoms with Crippen LogP contribution in [0.4, 0.5) is 0 Å². The highest BCUT2D eigenvalue weighted by Crippen LogP contribution is 2.23. The minimum Gasteiger partial charge on any atom is -0.387 e. The van der Waals surface area contributed by atoms with Crippen molar-refractivity contribution >= 4 is 5.84 Å². The lowest BCUT2D eigenvalue weighted by atomic mass is 9.85. The summed E-state index contributed by atoms with van der Waals surface area (Å²) in [6, 6.07) is 0.658. The van der Waals surface area contributed by atoms with E-state index in [4.69, 9.17) is 11.1 Å². The molecule has 0 aromatic heterocycles. The zero-order valence-electron chi connectivity index (χ0n) is 7.06. The Balaban J connectivity index is 2.30. The first-order valence-corrected chi connectivity index (χ1v) is 4.25. The van der Waals surface area contributed by atoms with Crippen LogP contribution in [0, 0.1) is 11.3 Å². The summed E-state index contributed by atoms with van der Waals surface area (Å²) in [5.74, 6) is 0.735. The third-order valence-corrected chi connectivity index (χ3v) is 2.58. The van der Waals surface area contributed by atoms with Crippen LogP contribution in [0.5, 0.6) is 0 Å². The number of nitrogens with one attached hydrogen (secondary N) is 2. The first-order chi connectivity index (χ1) is 5.24. The second-order valence-corrected chi connectivity index (χ2v) is 3.29. The molecule has 0 bridgehead atoms. The molecule has 1 saturated carbocycles. The fraction of sp³-hybridized carbons (Fsp3) is 0.875. The molecule has 0 radical (unpaired) electrons. The maximum absolute atomic E-state index is 7.27. The molecule has 0 saturated heterocycles. The van der Waals surface area contributed by atoms with E-state index in [9.17, 15) is 0 Å². The third-order valence-electron chi connectivity index (χ3n) is 2.58. The molecule has 64 valence electrons. The molecule has 3 nitrogen and oxygen atoms in total. The van der Waals surface area contributed by atoms with E-state index in [1.54, 1.807) is 0 Å². The fourth-order valence-electron chi connectivity index (χ4n) is 1.69. The topological polar surface area (TPSA) is 61.9 Å². The van der Waals surface area contributed by atoms with Crippen molar-refractivity contribution < 1.29 is 0 Å². The number of rotatable bonds is 2. The molecule has 0 atom stereocenters. The highest BCUT2D eigenvalue weighted by molar-refractivity contribution is 5.79. The van der Waals surface area contributed by atoms with E-state index in [1.807, 2.05) is 7.05 Å². The Hall–Kier alpha value is -0.570. The highest BCUT2D eigenvalue weighted by atomic mass is 14.9. The number of nitrogens with two attached hydrogens (primary N) is 1. The first kappa shape index (κ1) is 8.53. The lowest BCUT2D eigenvalue weighted by molar-refractivity contribution is 0.353. The molecule has 0 spiro atoms. The van der Waals surface area contributed by atoms with Gasteiger partial charge in [0, 0.05) is 12.0 Å². The van der Waals surface area contributed by atoms with Crippen molar-refractivity contribution in [3.63, 3.8) is 0 Å². The van der Waals surface area contributed by atoms with Crippen LogP contribution in [-0.2, 0) is 0 Å². The SMILES string of the molecule is CNC1CCC(C(=N)N)CC1. The second-order valence-electron chi connectivity index (χ2n) is 3.29. The Morgan fingerprint density at radius 2 is 1.91 bits per heavy atom. The van der Waals surface area contributed by atoms with E-state index in [1.165, 1.54) is 12.8 Å². The number of amidine groups is 1. The normalized spacial score (nSPS) is 31.7. The van der Waals surface area contributed by atoms with Gasteiger partial charge in [-0.25, -0.2) is 0 Å². The Morgan fingerprint density at radius 3 is 2.27 bits per heavy atom. The zero-order valence-corrected chi connectivity index (χ0v) is 7.06. The third kappa shape index (κ3) is 2.19. The molecular weight excluding hydrogens is 138 g/mol. The van der Waals surface area contributed by atoms with E-state index < -0.39 is 0 Å². The maximum Gasteiger partial charge on any atom is 0.0936 e. The van der Waals surface area contributed by atoms with Gasteiger partial charge < -0.3 is 11.1 Å². The van der Waals surface area contributed by atoms with Crippen LogP contribution in [0.3, 0.4) is 0 Å². The minimum atomic E-state index is 0.361. The fourth-order valence-corrected chi connectivity index (χ4v) is 1.69. The standard InChI is InChI=1S/C8H17N3/c1-11-7-4-2-6(3-5-7)8(9)10/h6-7,11H,2-5H2,1H3,(H3,9,10). The first-order valence-electron chi connectivity index (χ1n) is 4.25. The summed E-state index contributed by atoms with van der Waals surface area (Å²) >= 11 is 0. The van der Waals surface area contributed by atoms with Crippen LogP contribution in [0.1, 0.15) is 25.7 Å². The van der Waals surface area contributed by atoms with Gasteiger partial charge >= 0.3 is 0 Å². The molecule has 0 unspecified atom stereocenters.